The number of nitriles is 1. The molecule has 3 fully saturated rings. The van der Waals surface area contributed by atoms with Crippen molar-refractivity contribution < 1.29 is 23.1 Å². The summed E-state index contributed by atoms with van der Waals surface area (Å²) in [6.07, 6.45) is 2.51. The molecule has 0 saturated heterocycles. The number of rotatable bonds is 4. The molecule has 3 saturated carbocycles. The van der Waals surface area contributed by atoms with Crippen LogP contribution >= 0.6 is 0 Å². The second-order valence-corrected chi connectivity index (χ2v) is 8.60. The summed E-state index contributed by atoms with van der Waals surface area (Å²) in [7, 11) is 0. The van der Waals surface area contributed by atoms with Gasteiger partial charge in [-0.05, 0) is 43.6 Å². The minimum Gasteiger partial charge on any atom is -0.481 e. The van der Waals surface area contributed by atoms with Crippen LogP contribution in [0.25, 0.3) is 22.3 Å². The van der Waals surface area contributed by atoms with Gasteiger partial charge < -0.3 is 15.4 Å². The Morgan fingerprint density at radius 3 is 2.58 bits per heavy atom. The smallest absolute Gasteiger partial charge is 0.417 e. The van der Waals surface area contributed by atoms with E-state index in [1.54, 1.807) is 0 Å². The summed E-state index contributed by atoms with van der Waals surface area (Å²) in [4.78, 5) is 27.2. The number of aromatic nitrogens is 4. The zero-order valence-electron chi connectivity index (χ0n) is 17.2. The van der Waals surface area contributed by atoms with E-state index in [1.807, 2.05) is 6.07 Å². The molecule has 3 aromatic rings. The molecule has 0 spiro atoms. The monoisotopic (exact) mass is 456 g/mol. The number of carboxylic acids is 1. The number of carbonyl (C=O) groups is 1. The molecule has 33 heavy (non-hydrogen) atoms. The van der Waals surface area contributed by atoms with E-state index in [0.717, 1.165) is 37.9 Å². The average Bonchev–Trinajstić information content (AvgIpc) is 3.22. The normalized spacial score (nSPS) is 24.5. The fourth-order valence-corrected chi connectivity index (χ4v) is 5.25. The summed E-state index contributed by atoms with van der Waals surface area (Å²) in [5.74, 6) is -1.03. The molecule has 2 bridgehead atoms. The summed E-state index contributed by atoms with van der Waals surface area (Å²) in [5, 5.41) is 22.7. The topological polar surface area (TPSA) is 128 Å². The predicted octanol–water partition coefficient (Wildman–Crippen LogP) is 4.21. The highest BCUT2D eigenvalue weighted by molar-refractivity contribution is 5.94. The third-order valence-electron chi connectivity index (χ3n) is 6.82. The van der Waals surface area contributed by atoms with Gasteiger partial charge in [0.2, 0.25) is 5.95 Å². The number of fused-ring (bicyclic) bond motifs is 4. The number of alkyl halides is 3. The van der Waals surface area contributed by atoms with Crippen LogP contribution < -0.4 is 5.32 Å². The van der Waals surface area contributed by atoms with E-state index in [-0.39, 0.29) is 51.7 Å². The lowest BCUT2D eigenvalue weighted by atomic mass is 9.61. The van der Waals surface area contributed by atoms with Crippen molar-refractivity contribution in [2.75, 3.05) is 5.32 Å². The van der Waals surface area contributed by atoms with Crippen LogP contribution in [-0.4, -0.2) is 37.1 Å². The van der Waals surface area contributed by atoms with E-state index in [2.05, 4.69) is 25.3 Å². The Balaban J connectivity index is 1.55. The molecule has 11 heteroatoms. The standard InChI is InChI=1S/C22H19F3N6O2/c23-22(24,25)13-5-14-15(9-28-19(14)27-8-13)17-12(6-26)7-29-21(30-17)31-18-11-3-1-10(2-4-11)16(18)20(32)33/h5,7-11,16,18H,1-4H2,(H,27,28)(H,32,33)(H,29,30,31). The quantitative estimate of drug-likeness (QED) is 0.537. The molecule has 3 aliphatic carbocycles. The van der Waals surface area contributed by atoms with Crippen LogP contribution in [0.5, 0.6) is 0 Å². The second-order valence-electron chi connectivity index (χ2n) is 8.60. The minimum absolute atomic E-state index is 0.0822. The van der Waals surface area contributed by atoms with Gasteiger partial charge in [-0.1, -0.05) is 0 Å². The van der Waals surface area contributed by atoms with Gasteiger partial charge in [0.1, 0.15) is 11.7 Å². The molecule has 3 heterocycles. The SMILES string of the molecule is N#Cc1cnc(NC2C3CCC(CC3)C2C(=O)O)nc1-c1c[nH]c2ncc(C(F)(F)F)cc12. The maximum absolute atomic E-state index is 13.2. The fraction of sp³-hybridized carbons (Fsp3) is 0.409. The molecular weight excluding hydrogens is 437 g/mol. The van der Waals surface area contributed by atoms with E-state index in [4.69, 9.17) is 0 Å². The van der Waals surface area contributed by atoms with Crippen LogP contribution in [0.4, 0.5) is 19.1 Å². The molecule has 2 atom stereocenters. The zero-order chi connectivity index (χ0) is 23.3. The highest BCUT2D eigenvalue weighted by atomic mass is 19.4. The molecule has 170 valence electrons. The lowest BCUT2D eigenvalue weighted by Crippen LogP contribution is -2.51. The molecule has 2 unspecified atom stereocenters. The summed E-state index contributed by atoms with van der Waals surface area (Å²) in [6, 6.07) is 2.59. The van der Waals surface area contributed by atoms with Crippen molar-refractivity contribution in [1.82, 2.24) is 19.9 Å². The molecule has 0 radical (unpaired) electrons. The fourth-order valence-electron chi connectivity index (χ4n) is 5.25. The van der Waals surface area contributed by atoms with Crippen molar-refractivity contribution in [3.8, 4) is 17.3 Å². The van der Waals surface area contributed by atoms with Crippen molar-refractivity contribution in [3.63, 3.8) is 0 Å². The number of carboxylic acid groups (broad SMARTS) is 1. The highest BCUT2D eigenvalue weighted by Gasteiger charge is 2.47. The van der Waals surface area contributed by atoms with Crippen LogP contribution in [0.1, 0.15) is 36.8 Å². The largest absolute Gasteiger partial charge is 0.481 e. The number of hydrogen-bond donors (Lipinski definition) is 3. The van der Waals surface area contributed by atoms with Crippen molar-refractivity contribution in [2.45, 2.75) is 37.9 Å². The van der Waals surface area contributed by atoms with Crippen LogP contribution in [0.3, 0.4) is 0 Å². The first-order valence-electron chi connectivity index (χ1n) is 10.6. The van der Waals surface area contributed by atoms with Gasteiger partial charge in [-0.15, -0.1) is 0 Å². The van der Waals surface area contributed by atoms with E-state index in [1.165, 1.54) is 12.4 Å². The Morgan fingerprint density at radius 1 is 1.18 bits per heavy atom. The average molecular weight is 456 g/mol. The zero-order valence-corrected chi connectivity index (χ0v) is 17.2. The molecule has 0 amide bonds. The van der Waals surface area contributed by atoms with Gasteiger partial charge in [-0.2, -0.15) is 18.4 Å². The Labute approximate surface area is 185 Å². The van der Waals surface area contributed by atoms with Gasteiger partial charge in [0.05, 0.1) is 28.9 Å². The maximum Gasteiger partial charge on any atom is 0.417 e. The van der Waals surface area contributed by atoms with Crippen LogP contribution in [0, 0.1) is 29.1 Å². The second kappa shape index (κ2) is 7.72. The first-order valence-corrected chi connectivity index (χ1v) is 10.6. The lowest BCUT2D eigenvalue weighted by Gasteiger charge is -2.46. The summed E-state index contributed by atoms with van der Waals surface area (Å²) in [6.45, 7) is 0. The lowest BCUT2D eigenvalue weighted by molar-refractivity contribution is -0.148. The number of H-pyrrole nitrogens is 1. The highest BCUT2D eigenvalue weighted by Crippen LogP contribution is 2.46. The van der Waals surface area contributed by atoms with Gasteiger partial charge >= 0.3 is 12.1 Å². The summed E-state index contributed by atoms with van der Waals surface area (Å²) >= 11 is 0. The van der Waals surface area contributed by atoms with Gasteiger partial charge in [0.15, 0.2) is 0 Å². The van der Waals surface area contributed by atoms with E-state index in [0.29, 0.717) is 0 Å². The van der Waals surface area contributed by atoms with Crippen LogP contribution in [-0.2, 0) is 11.0 Å². The summed E-state index contributed by atoms with van der Waals surface area (Å²) in [5.41, 5.74) is -0.172. The van der Waals surface area contributed by atoms with Gasteiger partial charge in [0, 0.05) is 29.4 Å². The van der Waals surface area contributed by atoms with Crippen molar-refractivity contribution in [3.05, 3.63) is 35.8 Å². The molecule has 6 rings (SSSR count). The predicted molar refractivity (Wildman–Crippen MR) is 111 cm³/mol. The Hall–Kier alpha value is -3.68. The third-order valence-corrected chi connectivity index (χ3v) is 6.82. The minimum atomic E-state index is -4.57. The molecule has 3 N–H and O–H groups in total. The van der Waals surface area contributed by atoms with Crippen LogP contribution in [0.15, 0.2) is 24.7 Å². The third kappa shape index (κ3) is 3.65. The van der Waals surface area contributed by atoms with Crippen molar-refractivity contribution >= 4 is 23.0 Å². The van der Waals surface area contributed by atoms with Gasteiger partial charge in [-0.25, -0.2) is 15.0 Å². The number of hydrogen-bond acceptors (Lipinski definition) is 6. The van der Waals surface area contributed by atoms with Crippen LogP contribution in [0.2, 0.25) is 0 Å². The summed E-state index contributed by atoms with van der Waals surface area (Å²) < 4.78 is 39.6. The maximum atomic E-state index is 13.2. The number of pyridine rings is 1. The molecule has 8 nitrogen and oxygen atoms in total. The van der Waals surface area contributed by atoms with E-state index in [9.17, 15) is 28.3 Å². The van der Waals surface area contributed by atoms with Gasteiger partial charge in [0.25, 0.3) is 0 Å². The number of halogens is 3. The van der Waals surface area contributed by atoms with Crippen molar-refractivity contribution in [1.29, 1.82) is 5.26 Å². The first-order chi connectivity index (χ1) is 15.8. The number of nitrogens with one attached hydrogen (secondary N) is 2. The molecular formula is C22H19F3N6O2. The molecule has 3 aromatic heterocycles. The number of aromatic amines is 1. The van der Waals surface area contributed by atoms with Gasteiger partial charge in [-0.3, -0.25) is 4.79 Å². The first kappa shape index (κ1) is 21.2. The number of anilines is 1. The number of aliphatic carboxylic acids is 1. The Kier molecular flexibility index (Phi) is 4.96. The van der Waals surface area contributed by atoms with Crippen molar-refractivity contribution in [2.24, 2.45) is 17.8 Å². The molecule has 3 aliphatic rings. The van der Waals surface area contributed by atoms with E-state index >= 15 is 0 Å². The Morgan fingerprint density at radius 2 is 1.91 bits per heavy atom. The Bertz CT molecular complexity index is 1270. The van der Waals surface area contributed by atoms with E-state index < -0.39 is 23.6 Å². The number of nitrogens with zero attached hydrogens (tertiary/aromatic N) is 4. The molecule has 0 aromatic carbocycles. The molecule has 0 aliphatic heterocycles.